The zero-order valence-electron chi connectivity index (χ0n) is 15.4. The molecule has 3 aromatic heterocycles. The second-order valence-corrected chi connectivity index (χ2v) is 8.70. The Bertz CT molecular complexity index is 1140. The quantitative estimate of drug-likeness (QED) is 0.632. The summed E-state index contributed by atoms with van der Waals surface area (Å²) in [6.45, 7) is 4.17. The zero-order valence-corrected chi connectivity index (χ0v) is 16.3. The van der Waals surface area contributed by atoms with E-state index in [9.17, 15) is 13.2 Å². The van der Waals surface area contributed by atoms with E-state index in [0.29, 0.717) is 31.0 Å². The van der Waals surface area contributed by atoms with Gasteiger partial charge in [-0.1, -0.05) is 5.16 Å². The first-order valence-electron chi connectivity index (χ1n) is 8.78. The molecule has 4 rings (SSSR count). The van der Waals surface area contributed by atoms with Crippen LogP contribution in [0.3, 0.4) is 0 Å². The molecule has 1 aliphatic heterocycles. The predicted molar refractivity (Wildman–Crippen MR) is 100.0 cm³/mol. The van der Waals surface area contributed by atoms with Crippen molar-refractivity contribution >= 4 is 10.0 Å². The van der Waals surface area contributed by atoms with Crippen LogP contribution >= 0.6 is 0 Å². The SMILES string of the molecule is Cc1noc(C)c1S(=O)(=O)N1CC(Cn2nc(-c3cccnc3)ccc2=O)C1. The first-order chi connectivity index (χ1) is 13.4. The first-order valence-corrected chi connectivity index (χ1v) is 10.2. The molecule has 9 nitrogen and oxygen atoms in total. The molecular weight excluding hydrogens is 382 g/mol. The van der Waals surface area contributed by atoms with Crippen LogP contribution in [0.2, 0.25) is 0 Å². The molecule has 10 heteroatoms. The van der Waals surface area contributed by atoms with Gasteiger partial charge in [0.05, 0.1) is 12.2 Å². The van der Waals surface area contributed by atoms with E-state index in [1.807, 2.05) is 6.07 Å². The van der Waals surface area contributed by atoms with Crippen molar-refractivity contribution in [2.45, 2.75) is 25.3 Å². The third-order valence-corrected chi connectivity index (χ3v) is 6.82. The van der Waals surface area contributed by atoms with Crippen molar-refractivity contribution in [3.05, 3.63) is 58.5 Å². The maximum Gasteiger partial charge on any atom is 0.266 e. The summed E-state index contributed by atoms with van der Waals surface area (Å²) in [6.07, 6.45) is 3.35. The minimum Gasteiger partial charge on any atom is -0.360 e. The molecule has 0 N–H and O–H groups in total. The molecule has 0 aliphatic carbocycles. The monoisotopic (exact) mass is 401 g/mol. The number of nitrogens with zero attached hydrogens (tertiary/aromatic N) is 5. The zero-order chi connectivity index (χ0) is 19.9. The van der Waals surface area contributed by atoms with Crippen LogP contribution < -0.4 is 5.56 Å². The third kappa shape index (κ3) is 3.25. The average molecular weight is 401 g/mol. The second-order valence-electron chi connectivity index (χ2n) is 6.82. The number of sulfonamides is 1. The Morgan fingerprint density at radius 1 is 1.21 bits per heavy atom. The molecule has 3 aromatic rings. The number of hydrogen-bond donors (Lipinski definition) is 0. The molecule has 0 unspecified atom stereocenters. The van der Waals surface area contributed by atoms with Gasteiger partial charge in [0.15, 0.2) is 5.76 Å². The van der Waals surface area contributed by atoms with Crippen LogP contribution in [0.5, 0.6) is 0 Å². The van der Waals surface area contributed by atoms with Crippen molar-refractivity contribution in [1.82, 2.24) is 24.2 Å². The highest BCUT2D eigenvalue weighted by Gasteiger charge is 2.39. The normalized spacial score (nSPS) is 15.5. The molecule has 0 aromatic carbocycles. The van der Waals surface area contributed by atoms with Crippen LogP contribution in [0.4, 0.5) is 0 Å². The highest BCUT2D eigenvalue weighted by atomic mass is 32.2. The third-order valence-electron chi connectivity index (χ3n) is 4.74. The van der Waals surface area contributed by atoms with E-state index in [1.165, 1.54) is 15.1 Å². The lowest BCUT2D eigenvalue weighted by Gasteiger charge is -2.37. The Morgan fingerprint density at radius 3 is 2.64 bits per heavy atom. The van der Waals surface area contributed by atoms with Gasteiger partial charge in [-0.2, -0.15) is 9.40 Å². The fourth-order valence-electron chi connectivity index (χ4n) is 3.30. The van der Waals surface area contributed by atoms with E-state index in [-0.39, 0.29) is 22.1 Å². The Labute approximate surface area is 161 Å². The minimum absolute atomic E-state index is 0.00426. The number of hydrogen-bond acceptors (Lipinski definition) is 7. The van der Waals surface area contributed by atoms with E-state index in [1.54, 1.807) is 38.4 Å². The molecule has 0 atom stereocenters. The lowest BCUT2D eigenvalue weighted by molar-refractivity contribution is 0.172. The molecule has 28 heavy (non-hydrogen) atoms. The highest BCUT2D eigenvalue weighted by Crippen LogP contribution is 2.29. The van der Waals surface area contributed by atoms with Gasteiger partial charge in [0.25, 0.3) is 5.56 Å². The van der Waals surface area contributed by atoms with E-state index in [2.05, 4.69) is 15.2 Å². The van der Waals surface area contributed by atoms with E-state index >= 15 is 0 Å². The Kier molecular flexibility index (Phi) is 4.60. The maximum absolute atomic E-state index is 12.8. The lowest BCUT2D eigenvalue weighted by atomic mass is 10.0. The van der Waals surface area contributed by atoms with Crippen molar-refractivity contribution in [2.24, 2.45) is 5.92 Å². The van der Waals surface area contributed by atoms with E-state index < -0.39 is 10.0 Å². The summed E-state index contributed by atoms with van der Waals surface area (Å²) >= 11 is 0. The first kappa shape index (κ1) is 18.5. The Balaban J connectivity index is 1.49. The summed E-state index contributed by atoms with van der Waals surface area (Å²) in [5.74, 6) is 0.285. The highest BCUT2D eigenvalue weighted by molar-refractivity contribution is 7.89. The van der Waals surface area contributed by atoms with Gasteiger partial charge < -0.3 is 4.52 Å². The van der Waals surface area contributed by atoms with Crippen LogP contribution in [-0.2, 0) is 16.6 Å². The number of rotatable bonds is 5. The van der Waals surface area contributed by atoms with E-state index in [0.717, 1.165) is 5.56 Å². The fraction of sp³-hybridized carbons (Fsp3) is 0.333. The Hall–Kier alpha value is -2.85. The summed E-state index contributed by atoms with van der Waals surface area (Å²) < 4.78 is 33.2. The summed E-state index contributed by atoms with van der Waals surface area (Å²) in [5, 5.41) is 8.12. The number of aromatic nitrogens is 4. The van der Waals surface area contributed by atoms with Crippen LogP contribution in [0.15, 0.2) is 50.9 Å². The van der Waals surface area contributed by atoms with Crippen molar-refractivity contribution in [3.63, 3.8) is 0 Å². The van der Waals surface area contributed by atoms with Gasteiger partial charge in [-0.05, 0) is 32.0 Å². The molecule has 0 saturated carbocycles. The van der Waals surface area contributed by atoms with Crippen LogP contribution in [0, 0.1) is 19.8 Å². The van der Waals surface area contributed by atoms with Crippen molar-refractivity contribution < 1.29 is 12.9 Å². The largest absolute Gasteiger partial charge is 0.360 e. The summed E-state index contributed by atoms with van der Waals surface area (Å²) in [4.78, 5) is 16.4. The number of aryl methyl sites for hydroxylation is 2. The molecule has 4 heterocycles. The molecular formula is C18H19N5O4S. The molecule has 0 radical (unpaired) electrons. The van der Waals surface area contributed by atoms with Crippen LogP contribution in [0.25, 0.3) is 11.3 Å². The van der Waals surface area contributed by atoms with Crippen molar-refractivity contribution in [3.8, 4) is 11.3 Å². The smallest absolute Gasteiger partial charge is 0.266 e. The van der Waals surface area contributed by atoms with Crippen LogP contribution in [-0.4, -0.2) is 45.7 Å². The van der Waals surface area contributed by atoms with Crippen molar-refractivity contribution in [2.75, 3.05) is 13.1 Å². The van der Waals surface area contributed by atoms with Gasteiger partial charge >= 0.3 is 0 Å². The summed E-state index contributed by atoms with van der Waals surface area (Å²) in [7, 11) is -3.65. The predicted octanol–water partition coefficient (Wildman–Crippen LogP) is 1.23. The molecule has 146 valence electrons. The van der Waals surface area contributed by atoms with E-state index in [4.69, 9.17) is 4.52 Å². The minimum atomic E-state index is -3.65. The van der Waals surface area contributed by atoms with Gasteiger partial charge in [-0.3, -0.25) is 9.78 Å². The summed E-state index contributed by atoms with van der Waals surface area (Å²) in [5.41, 5.74) is 1.59. The molecule has 0 spiro atoms. The standard InChI is InChI=1S/C18H19N5O4S/c1-12-18(13(2)27-21-12)28(25,26)22-9-14(10-22)11-23-17(24)6-5-16(20-23)15-4-3-7-19-8-15/h3-8,14H,9-11H2,1-2H3. The Morgan fingerprint density at radius 2 is 2.00 bits per heavy atom. The number of pyridine rings is 1. The summed E-state index contributed by atoms with van der Waals surface area (Å²) in [6, 6.07) is 6.79. The molecule has 1 saturated heterocycles. The van der Waals surface area contributed by atoms with Gasteiger partial charge in [-0.15, -0.1) is 0 Å². The maximum atomic E-state index is 12.8. The average Bonchev–Trinajstić information content (AvgIpc) is 2.99. The fourth-order valence-corrected chi connectivity index (χ4v) is 5.18. The molecule has 0 amide bonds. The molecule has 0 bridgehead atoms. The lowest BCUT2D eigenvalue weighted by Crippen LogP contribution is -2.52. The second kappa shape index (κ2) is 6.95. The van der Waals surface area contributed by atoms with Crippen LogP contribution in [0.1, 0.15) is 11.5 Å². The molecule has 1 aliphatic rings. The van der Waals surface area contributed by atoms with Gasteiger partial charge in [0.1, 0.15) is 10.6 Å². The van der Waals surface area contributed by atoms with Gasteiger partial charge in [0.2, 0.25) is 10.0 Å². The van der Waals surface area contributed by atoms with Gasteiger partial charge in [-0.25, -0.2) is 13.1 Å². The topological polar surface area (TPSA) is 111 Å². The van der Waals surface area contributed by atoms with Crippen molar-refractivity contribution in [1.29, 1.82) is 0 Å². The molecule has 1 fully saturated rings. The van der Waals surface area contributed by atoms with Gasteiger partial charge in [0, 0.05) is 43.0 Å².